The van der Waals surface area contributed by atoms with Gasteiger partial charge in [0.25, 0.3) is 0 Å². The molecule has 1 heterocycles. The van der Waals surface area contributed by atoms with Crippen LogP contribution in [0.3, 0.4) is 0 Å². The van der Waals surface area contributed by atoms with Crippen LogP contribution in [-0.2, 0) is 12.8 Å². The molecule has 0 bridgehead atoms. The summed E-state index contributed by atoms with van der Waals surface area (Å²) in [6.07, 6.45) is 2.21. The van der Waals surface area contributed by atoms with Crippen LogP contribution in [0.4, 0.5) is 0 Å². The third kappa shape index (κ3) is 1.97. The highest BCUT2D eigenvalue weighted by atomic mass is 35.5. The Hall–Kier alpha value is -1.02. The molecule has 0 aromatic heterocycles. The number of hydrogen-bond donors (Lipinski definition) is 1. The molecule has 0 saturated heterocycles. The van der Waals surface area contributed by atoms with E-state index in [0.29, 0.717) is 6.04 Å². The molecule has 2 aromatic carbocycles. The summed E-state index contributed by atoms with van der Waals surface area (Å²) < 4.78 is 0. The molecule has 1 aliphatic heterocycles. The van der Waals surface area contributed by atoms with E-state index >= 15 is 0 Å². The Kier molecular flexibility index (Phi) is 3.30. The molecule has 2 aromatic rings. The van der Waals surface area contributed by atoms with Crippen LogP contribution in [0.1, 0.15) is 22.7 Å². The fourth-order valence-corrected chi connectivity index (χ4v) is 3.50. The zero-order chi connectivity index (χ0) is 12.1. The van der Waals surface area contributed by atoms with Crippen molar-refractivity contribution in [1.82, 2.24) is 5.32 Å². The maximum atomic E-state index is 6.15. The summed E-state index contributed by atoms with van der Waals surface area (Å²) in [5.74, 6) is 0. The summed E-state index contributed by atoms with van der Waals surface area (Å²) in [6.45, 7) is 1.09. The summed E-state index contributed by atoms with van der Waals surface area (Å²) in [7, 11) is 0. The van der Waals surface area contributed by atoms with Crippen molar-refractivity contribution in [1.29, 1.82) is 0 Å². The SMILES string of the molecule is Cl.Clc1ccc2c(c1)-c1cccc3c1C(C2)NCC3. The van der Waals surface area contributed by atoms with E-state index in [-0.39, 0.29) is 12.4 Å². The van der Waals surface area contributed by atoms with Crippen molar-refractivity contribution in [2.45, 2.75) is 18.9 Å². The van der Waals surface area contributed by atoms with Gasteiger partial charge < -0.3 is 5.32 Å². The lowest BCUT2D eigenvalue weighted by Gasteiger charge is -2.34. The number of benzene rings is 2. The molecule has 0 fully saturated rings. The standard InChI is InChI=1S/C16H14ClN.ClH/c17-12-5-4-11-8-15-16-10(6-7-18-15)2-1-3-13(16)14(11)9-12;/h1-5,9,15,18H,6-8H2;1H. The van der Waals surface area contributed by atoms with Crippen LogP contribution in [0.5, 0.6) is 0 Å². The molecule has 1 atom stereocenters. The average Bonchev–Trinajstić information content (AvgIpc) is 2.40. The second-order valence-electron chi connectivity index (χ2n) is 5.14. The molecule has 4 rings (SSSR count). The summed E-state index contributed by atoms with van der Waals surface area (Å²) in [6, 6.07) is 13.4. The van der Waals surface area contributed by atoms with Gasteiger partial charge in [-0.05, 0) is 59.3 Å². The van der Waals surface area contributed by atoms with Crippen LogP contribution in [0, 0.1) is 0 Å². The molecule has 1 N–H and O–H groups in total. The first-order valence-corrected chi connectivity index (χ1v) is 6.85. The Bertz CT molecular complexity index is 637. The van der Waals surface area contributed by atoms with Crippen LogP contribution >= 0.6 is 24.0 Å². The molecule has 1 nitrogen and oxygen atoms in total. The number of rotatable bonds is 0. The number of halogens is 2. The molecular formula is C16H15Cl2N. The van der Waals surface area contributed by atoms with E-state index in [1.165, 1.54) is 27.8 Å². The Morgan fingerprint density at radius 1 is 1.05 bits per heavy atom. The van der Waals surface area contributed by atoms with Gasteiger partial charge in [-0.3, -0.25) is 0 Å². The molecule has 0 spiro atoms. The van der Waals surface area contributed by atoms with E-state index in [0.717, 1.165) is 24.4 Å². The zero-order valence-electron chi connectivity index (χ0n) is 10.4. The van der Waals surface area contributed by atoms with Crippen LogP contribution < -0.4 is 5.32 Å². The molecule has 98 valence electrons. The highest BCUT2D eigenvalue weighted by Crippen LogP contribution is 2.42. The smallest absolute Gasteiger partial charge is 0.0412 e. The Morgan fingerprint density at radius 3 is 2.84 bits per heavy atom. The Balaban J connectivity index is 0.00000110. The maximum absolute atomic E-state index is 6.15. The lowest BCUT2D eigenvalue weighted by molar-refractivity contribution is 0.499. The fraction of sp³-hybridized carbons (Fsp3) is 0.250. The van der Waals surface area contributed by atoms with Crippen molar-refractivity contribution in [3.05, 3.63) is 58.1 Å². The van der Waals surface area contributed by atoms with Gasteiger partial charge in [-0.2, -0.15) is 0 Å². The minimum atomic E-state index is 0. The van der Waals surface area contributed by atoms with Gasteiger partial charge in [0.1, 0.15) is 0 Å². The predicted octanol–water partition coefficient (Wildman–Crippen LogP) is 4.17. The first-order chi connectivity index (χ1) is 8.83. The molecule has 2 aliphatic rings. The van der Waals surface area contributed by atoms with Gasteiger partial charge in [-0.15, -0.1) is 12.4 Å². The molecule has 1 unspecified atom stereocenters. The highest BCUT2D eigenvalue weighted by Gasteiger charge is 2.28. The van der Waals surface area contributed by atoms with Gasteiger partial charge in [0.2, 0.25) is 0 Å². The third-order valence-corrected chi connectivity index (χ3v) is 4.35. The largest absolute Gasteiger partial charge is 0.309 e. The molecule has 1 aliphatic carbocycles. The lowest BCUT2D eigenvalue weighted by Crippen LogP contribution is -2.33. The molecule has 0 amide bonds. The van der Waals surface area contributed by atoms with Gasteiger partial charge in [0.05, 0.1) is 0 Å². The predicted molar refractivity (Wildman–Crippen MR) is 82.3 cm³/mol. The third-order valence-electron chi connectivity index (χ3n) is 4.12. The number of hydrogen-bond acceptors (Lipinski definition) is 1. The Morgan fingerprint density at radius 2 is 1.95 bits per heavy atom. The second kappa shape index (κ2) is 4.82. The normalized spacial score (nSPS) is 19.1. The van der Waals surface area contributed by atoms with Crippen molar-refractivity contribution in [3.8, 4) is 11.1 Å². The van der Waals surface area contributed by atoms with Crippen molar-refractivity contribution < 1.29 is 0 Å². The Labute approximate surface area is 124 Å². The molecule has 0 radical (unpaired) electrons. The van der Waals surface area contributed by atoms with E-state index in [2.05, 4.69) is 35.6 Å². The summed E-state index contributed by atoms with van der Waals surface area (Å²) >= 11 is 6.15. The minimum absolute atomic E-state index is 0. The molecule has 0 saturated carbocycles. The van der Waals surface area contributed by atoms with Gasteiger partial charge in [0.15, 0.2) is 0 Å². The van der Waals surface area contributed by atoms with Crippen LogP contribution in [0.2, 0.25) is 5.02 Å². The molecule has 3 heteroatoms. The van der Waals surface area contributed by atoms with E-state index < -0.39 is 0 Å². The first-order valence-electron chi connectivity index (χ1n) is 6.47. The van der Waals surface area contributed by atoms with Crippen LogP contribution in [0.15, 0.2) is 36.4 Å². The summed E-state index contributed by atoms with van der Waals surface area (Å²) in [4.78, 5) is 0. The van der Waals surface area contributed by atoms with E-state index in [4.69, 9.17) is 11.6 Å². The quantitative estimate of drug-likeness (QED) is 0.768. The summed E-state index contributed by atoms with van der Waals surface area (Å²) in [5, 5.41) is 4.47. The second-order valence-corrected chi connectivity index (χ2v) is 5.58. The highest BCUT2D eigenvalue weighted by molar-refractivity contribution is 6.30. The first kappa shape index (κ1) is 13.0. The van der Waals surface area contributed by atoms with Crippen LogP contribution in [0.25, 0.3) is 11.1 Å². The van der Waals surface area contributed by atoms with Gasteiger partial charge >= 0.3 is 0 Å². The zero-order valence-corrected chi connectivity index (χ0v) is 12.0. The van der Waals surface area contributed by atoms with Crippen molar-refractivity contribution in [2.75, 3.05) is 6.54 Å². The van der Waals surface area contributed by atoms with Crippen molar-refractivity contribution >= 4 is 24.0 Å². The lowest BCUT2D eigenvalue weighted by atomic mass is 9.78. The average molecular weight is 292 g/mol. The molecular weight excluding hydrogens is 277 g/mol. The summed E-state index contributed by atoms with van der Waals surface area (Å²) in [5.41, 5.74) is 7.09. The maximum Gasteiger partial charge on any atom is 0.0412 e. The van der Waals surface area contributed by atoms with Gasteiger partial charge in [0, 0.05) is 11.1 Å². The van der Waals surface area contributed by atoms with E-state index in [1.54, 1.807) is 0 Å². The van der Waals surface area contributed by atoms with Crippen molar-refractivity contribution in [2.24, 2.45) is 0 Å². The van der Waals surface area contributed by atoms with Crippen LogP contribution in [-0.4, -0.2) is 6.54 Å². The minimum Gasteiger partial charge on any atom is -0.309 e. The number of fused-ring (bicyclic) bond motifs is 2. The van der Waals surface area contributed by atoms with E-state index in [9.17, 15) is 0 Å². The van der Waals surface area contributed by atoms with E-state index in [1.807, 2.05) is 6.07 Å². The van der Waals surface area contributed by atoms with Gasteiger partial charge in [-0.25, -0.2) is 0 Å². The monoisotopic (exact) mass is 291 g/mol. The fourth-order valence-electron chi connectivity index (χ4n) is 3.33. The molecule has 19 heavy (non-hydrogen) atoms. The number of nitrogens with one attached hydrogen (secondary N) is 1. The topological polar surface area (TPSA) is 12.0 Å². The van der Waals surface area contributed by atoms with Crippen molar-refractivity contribution in [3.63, 3.8) is 0 Å². The van der Waals surface area contributed by atoms with Gasteiger partial charge in [-0.1, -0.05) is 35.9 Å².